The Morgan fingerprint density at radius 3 is 2.07 bits per heavy atom. The monoisotopic (exact) mass is 399 g/mol. The number of benzene rings is 2. The van der Waals surface area contributed by atoms with Crippen LogP contribution in [0, 0.1) is 5.92 Å². The molecule has 0 aliphatic heterocycles. The number of esters is 1. The molecule has 0 saturated carbocycles. The second kappa shape index (κ2) is 9.56. The smallest absolute Gasteiger partial charge is 0.317 e. The molecular formula is C23H29NO5. The van der Waals surface area contributed by atoms with E-state index >= 15 is 0 Å². The lowest BCUT2D eigenvalue weighted by atomic mass is 9.97. The minimum atomic E-state index is -1.04. The van der Waals surface area contributed by atoms with Gasteiger partial charge in [-0.1, -0.05) is 30.3 Å². The number of hydrogen-bond acceptors (Lipinski definition) is 5. The quantitative estimate of drug-likeness (QED) is 0.544. The van der Waals surface area contributed by atoms with Crippen LogP contribution >= 0.6 is 0 Å². The fourth-order valence-corrected chi connectivity index (χ4v) is 3.25. The summed E-state index contributed by atoms with van der Waals surface area (Å²) in [7, 11) is 0. The van der Waals surface area contributed by atoms with Crippen LogP contribution in [0.5, 0.6) is 11.5 Å². The van der Waals surface area contributed by atoms with Crippen LogP contribution in [0.2, 0.25) is 0 Å². The SMILES string of the molecule is CC(C(=O)Oc1ccc(O)cc1C(=O)N(C(C)C)C(C)C)C(O)c1ccccc1. The van der Waals surface area contributed by atoms with Gasteiger partial charge in [-0.05, 0) is 58.4 Å². The number of aliphatic hydroxyl groups is 1. The average Bonchev–Trinajstić information content (AvgIpc) is 2.68. The summed E-state index contributed by atoms with van der Waals surface area (Å²) in [5.74, 6) is -1.90. The fourth-order valence-electron chi connectivity index (χ4n) is 3.25. The van der Waals surface area contributed by atoms with Crippen molar-refractivity contribution >= 4 is 11.9 Å². The number of ether oxygens (including phenoxy) is 1. The number of hydrogen-bond donors (Lipinski definition) is 2. The van der Waals surface area contributed by atoms with Crippen LogP contribution in [-0.4, -0.2) is 39.1 Å². The van der Waals surface area contributed by atoms with E-state index in [2.05, 4.69) is 0 Å². The molecule has 0 aliphatic rings. The van der Waals surface area contributed by atoms with Crippen LogP contribution in [0.25, 0.3) is 0 Å². The number of phenols is 1. The lowest BCUT2D eigenvalue weighted by Crippen LogP contribution is -2.42. The third-order valence-electron chi connectivity index (χ3n) is 4.74. The van der Waals surface area contributed by atoms with Gasteiger partial charge < -0.3 is 19.8 Å². The molecule has 0 aliphatic carbocycles. The van der Waals surface area contributed by atoms with E-state index in [0.29, 0.717) is 5.56 Å². The summed E-state index contributed by atoms with van der Waals surface area (Å²) in [6, 6.07) is 12.7. The van der Waals surface area contributed by atoms with E-state index < -0.39 is 18.0 Å². The van der Waals surface area contributed by atoms with E-state index in [4.69, 9.17) is 4.74 Å². The molecular weight excluding hydrogens is 370 g/mol. The molecule has 1 amide bonds. The maximum Gasteiger partial charge on any atom is 0.317 e. The van der Waals surface area contributed by atoms with E-state index in [0.717, 1.165) is 0 Å². The number of carbonyl (C=O) groups is 2. The zero-order valence-corrected chi connectivity index (χ0v) is 17.5. The summed E-state index contributed by atoms with van der Waals surface area (Å²) >= 11 is 0. The van der Waals surface area contributed by atoms with Gasteiger partial charge in [0.05, 0.1) is 17.6 Å². The maximum absolute atomic E-state index is 13.1. The maximum atomic E-state index is 13.1. The molecule has 6 heteroatoms. The first-order valence-electron chi connectivity index (χ1n) is 9.73. The van der Waals surface area contributed by atoms with Crippen molar-refractivity contribution in [2.24, 2.45) is 5.92 Å². The molecule has 0 saturated heterocycles. The Morgan fingerprint density at radius 1 is 0.931 bits per heavy atom. The lowest BCUT2D eigenvalue weighted by molar-refractivity contribution is -0.142. The van der Waals surface area contributed by atoms with Crippen LogP contribution in [0.4, 0.5) is 0 Å². The number of nitrogens with zero attached hydrogens (tertiary/aromatic N) is 1. The van der Waals surface area contributed by atoms with E-state index in [1.807, 2.05) is 33.8 Å². The molecule has 2 aromatic rings. The Kier molecular flexibility index (Phi) is 7.40. The highest BCUT2D eigenvalue weighted by Gasteiger charge is 2.29. The topological polar surface area (TPSA) is 87.1 Å². The van der Waals surface area contributed by atoms with Crippen LogP contribution in [-0.2, 0) is 4.79 Å². The van der Waals surface area contributed by atoms with Crippen molar-refractivity contribution in [3.8, 4) is 11.5 Å². The molecule has 0 radical (unpaired) electrons. The van der Waals surface area contributed by atoms with E-state index in [1.165, 1.54) is 18.2 Å². The van der Waals surface area contributed by atoms with Gasteiger partial charge in [-0.25, -0.2) is 0 Å². The molecule has 2 N–H and O–H groups in total. The Labute approximate surface area is 171 Å². The predicted molar refractivity (Wildman–Crippen MR) is 111 cm³/mol. The number of aromatic hydroxyl groups is 1. The van der Waals surface area contributed by atoms with Gasteiger partial charge in [0.1, 0.15) is 11.5 Å². The molecule has 2 unspecified atom stereocenters. The number of rotatable bonds is 7. The van der Waals surface area contributed by atoms with Crippen LogP contribution in [0.15, 0.2) is 48.5 Å². The molecule has 156 valence electrons. The highest BCUT2D eigenvalue weighted by molar-refractivity contribution is 5.98. The summed E-state index contributed by atoms with van der Waals surface area (Å²) < 4.78 is 5.48. The molecule has 0 fully saturated rings. The Bertz CT molecular complexity index is 840. The predicted octanol–water partition coefficient (Wildman–Crippen LogP) is 3.93. The fraction of sp³-hybridized carbons (Fsp3) is 0.391. The number of amides is 1. The number of carbonyl (C=O) groups excluding carboxylic acids is 2. The largest absolute Gasteiger partial charge is 0.508 e. The Morgan fingerprint density at radius 2 is 1.52 bits per heavy atom. The lowest BCUT2D eigenvalue weighted by Gasteiger charge is -2.31. The highest BCUT2D eigenvalue weighted by atomic mass is 16.5. The zero-order valence-electron chi connectivity index (χ0n) is 17.5. The van der Waals surface area contributed by atoms with Crippen LogP contribution < -0.4 is 4.74 Å². The summed E-state index contributed by atoms with van der Waals surface area (Å²) in [6.07, 6.45) is -1.04. The first-order valence-corrected chi connectivity index (χ1v) is 9.73. The molecule has 0 spiro atoms. The van der Waals surface area contributed by atoms with Gasteiger partial charge in [0.25, 0.3) is 5.91 Å². The van der Waals surface area contributed by atoms with Crippen molar-refractivity contribution in [3.05, 3.63) is 59.7 Å². The standard InChI is InChI=1S/C23H29NO5/c1-14(2)24(15(3)4)22(27)19-13-18(25)11-12-20(19)29-23(28)16(5)21(26)17-9-7-6-8-10-17/h6-16,21,25-26H,1-5H3. The van der Waals surface area contributed by atoms with Gasteiger partial charge in [0.2, 0.25) is 0 Å². The minimum Gasteiger partial charge on any atom is -0.508 e. The molecule has 2 aromatic carbocycles. The summed E-state index contributed by atoms with van der Waals surface area (Å²) in [5.41, 5.74) is 0.701. The Hall–Kier alpha value is -2.86. The first-order chi connectivity index (χ1) is 13.6. The summed E-state index contributed by atoms with van der Waals surface area (Å²) in [5, 5.41) is 20.4. The molecule has 0 bridgehead atoms. The molecule has 29 heavy (non-hydrogen) atoms. The second-order valence-corrected chi connectivity index (χ2v) is 7.65. The van der Waals surface area contributed by atoms with Crippen LogP contribution in [0.3, 0.4) is 0 Å². The first kappa shape index (κ1) is 22.4. The molecule has 2 rings (SSSR count). The average molecular weight is 399 g/mol. The van der Waals surface area contributed by atoms with E-state index in [9.17, 15) is 19.8 Å². The van der Waals surface area contributed by atoms with Crippen LogP contribution in [0.1, 0.15) is 56.6 Å². The molecule has 6 nitrogen and oxygen atoms in total. The van der Waals surface area contributed by atoms with Crippen molar-refractivity contribution < 1.29 is 24.5 Å². The number of phenolic OH excluding ortho intramolecular Hbond substituents is 1. The molecule has 2 atom stereocenters. The third kappa shape index (κ3) is 5.35. The van der Waals surface area contributed by atoms with Gasteiger partial charge in [-0.2, -0.15) is 0 Å². The minimum absolute atomic E-state index is 0.0520. The van der Waals surface area contributed by atoms with Crippen molar-refractivity contribution in [1.82, 2.24) is 4.90 Å². The highest BCUT2D eigenvalue weighted by Crippen LogP contribution is 2.29. The van der Waals surface area contributed by atoms with E-state index in [-0.39, 0.29) is 35.1 Å². The number of aliphatic hydroxyl groups excluding tert-OH is 1. The van der Waals surface area contributed by atoms with Gasteiger partial charge in [0.15, 0.2) is 0 Å². The molecule has 0 heterocycles. The van der Waals surface area contributed by atoms with Crippen molar-refractivity contribution in [2.45, 2.75) is 52.8 Å². The van der Waals surface area contributed by atoms with Gasteiger partial charge in [-0.3, -0.25) is 9.59 Å². The van der Waals surface area contributed by atoms with Crippen molar-refractivity contribution in [2.75, 3.05) is 0 Å². The second-order valence-electron chi connectivity index (χ2n) is 7.65. The van der Waals surface area contributed by atoms with Gasteiger partial charge in [-0.15, -0.1) is 0 Å². The van der Waals surface area contributed by atoms with Crippen molar-refractivity contribution in [3.63, 3.8) is 0 Å². The molecule has 0 aromatic heterocycles. The van der Waals surface area contributed by atoms with Gasteiger partial charge >= 0.3 is 5.97 Å². The van der Waals surface area contributed by atoms with Crippen molar-refractivity contribution in [1.29, 1.82) is 0 Å². The third-order valence-corrected chi connectivity index (χ3v) is 4.74. The normalized spacial score (nSPS) is 13.2. The van der Waals surface area contributed by atoms with E-state index in [1.54, 1.807) is 36.1 Å². The van der Waals surface area contributed by atoms with Gasteiger partial charge in [0, 0.05) is 12.1 Å². The zero-order chi connectivity index (χ0) is 21.7. The summed E-state index contributed by atoms with van der Waals surface area (Å²) in [4.78, 5) is 27.4. The summed E-state index contributed by atoms with van der Waals surface area (Å²) in [6.45, 7) is 9.14. The Balaban J connectivity index is 2.29.